The van der Waals surface area contributed by atoms with Gasteiger partial charge in [-0.15, -0.1) is 18.3 Å². The summed E-state index contributed by atoms with van der Waals surface area (Å²) in [7, 11) is 1.98. The van der Waals surface area contributed by atoms with E-state index in [0.717, 1.165) is 30.7 Å². The molecule has 0 bridgehead atoms. The third-order valence-corrected chi connectivity index (χ3v) is 4.32. The molecule has 1 aromatic rings. The van der Waals surface area contributed by atoms with Crippen LogP contribution in [0.3, 0.4) is 0 Å². The average Bonchev–Trinajstić information content (AvgIpc) is 2.53. The molecule has 0 aliphatic heterocycles. The number of rotatable bonds is 10. The molecule has 0 saturated heterocycles. The smallest absolute Gasteiger partial charge is 0.0151 e. The molecule has 1 rings (SSSR count). The molecule has 2 heteroatoms. The molecule has 0 heterocycles. The van der Waals surface area contributed by atoms with Crippen LogP contribution in [0.25, 0.3) is 5.57 Å². The lowest BCUT2D eigenvalue weighted by Gasteiger charge is -2.13. The van der Waals surface area contributed by atoms with Gasteiger partial charge in [-0.25, -0.2) is 0 Å². The van der Waals surface area contributed by atoms with Crippen LogP contribution in [0.2, 0.25) is 0 Å². The lowest BCUT2D eigenvalue weighted by Crippen LogP contribution is -2.06. The van der Waals surface area contributed by atoms with Crippen LogP contribution in [0, 0.1) is 0 Å². The first kappa shape index (κ1) is 18.5. The predicted octanol–water partition coefficient (Wildman–Crippen LogP) is 5.48. The monoisotopic (exact) mass is 313 g/mol. The Hall–Kier alpha value is -1.51. The maximum atomic E-state index is 4.24. The molecule has 0 atom stereocenters. The van der Waals surface area contributed by atoms with Crippen molar-refractivity contribution in [1.29, 1.82) is 0 Å². The first-order chi connectivity index (χ1) is 10.7. The summed E-state index contributed by atoms with van der Waals surface area (Å²) in [5.74, 6) is 1.06. The zero-order chi connectivity index (χ0) is 16.2. The third kappa shape index (κ3) is 6.08. The molecule has 0 radical (unpaired) electrons. The Morgan fingerprint density at radius 2 is 2.05 bits per heavy atom. The van der Waals surface area contributed by atoms with Gasteiger partial charge in [0.05, 0.1) is 0 Å². The lowest BCUT2D eigenvalue weighted by molar-refractivity contribution is 0.808. The average molecular weight is 314 g/mol. The van der Waals surface area contributed by atoms with Crippen molar-refractivity contribution in [2.45, 2.75) is 24.7 Å². The van der Waals surface area contributed by atoms with Crippen LogP contribution in [0.4, 0.5) is 0 Å². The molecular weight excluding hydrogens is 286 g/mol. The fourth-order valence-electron chi connectivity index (χ4n) is 2.13. The van der Waals surface area contributed by atoms with Gasteiger partial charge in [0.15, 0.2) is 0 Å². The van der Waals surface area contributed by atoms with Gasteiger partial charge in [0.2, 0.25) is 0 Å². The number of nitrogens with one attached hydrogen (secondary N) is 1. The highest BCUT2D eigenvalue weighted by molar-refractivity contribution is 7.99. The maximum Gasteiger partial charge on any atom is 0.0151 e. The van der Waals surface area contributed by atoms with Crippen molar-refractivity contribution in [1.82, 2.24) is 5.32 Å². The first-order valence-electron chi connectivity index (χ1n) is 7.74. The number of benzene rings is 1. The summed E-state index contributed by atoms with van der Waals surface area (Å²) < 4.78 is 0. The van der Waals surface area contributed by atoms with E-state index >= 15 is 0 Å². The minimum absolute atomic E-state index is 0.971. The van der Waals surface area contributed by atoms with Crippen LogP contribution in [0.1, 0.15) is 25.3 Å². The van der Waals surface area contributed by atoms with Gasteiger partial charge in [-0.1, -0.05) is 49.1 Å². The predicted molar refractivity (Wildman–Crippen MR) is 102 cm³/mol. The summed E-state index contributed by atoms with van der Waals surface area (Å²) in [4.78, 5) is 1.31. The molecule has 22 heavy (non-hydrogen) atoms. The van der Waals surface area contributed by atoms with E-state index in [4.69, 9.17) is 0 Å². The van der Waals surface area contributed by atoms with Crippen molar-refractivity contribution >= 4 is 17.3 Å². The van der Waals surface area contributed by atoms with Gasteiger partial charge in [-0.2, -0.15) is 0 Å². The number of hydrogen-bond donors (Lipinski definition) is 1. The zero-order valence-electron chi connectivity index (χ0n) is 13.8. The van der Waals surface area contributed by atoms with Gasteiger partial charge in [-0.05, 0) is 56.1 Å². The quantitative estimate of drug-likeness (QED) is 0.266. The van der Waals surface area contributed by atoms with E-state index in [-0.39, 0.29) is 0 Å². The highest BCUT2D eigenvalue weighted by atomic mass is 32.2. The van der Waals surface area contributed by atoms with E-state index in [0.29, 0.717) is 0 Å². The van der Waals surface area contributed by atoms with Gasteiger partial charge in [0.25, 0.3) is 0 Å². The van der Waals surface area contributed by atoms with E-state index in [1.807, 2.05) is 37.9 Å². The molecule has 1 aromatic carbocycles. The molecule has 0 aromatic heterocycles. The van der Waals surface area contributed by atoms with Crippen LogP contribution in [-0.4, -0.2) is 19.3 Å². The zero-order valence-corrected chi connectivity index (χ0v) is 14.6. The second kappa shape index (κ2) is 11.1. The van der Waals surface area contributed by atoms with Crippen LogP contribution in [-0.2, 0) is 0 Å². The van der Waals surface area contributed by atoms with Crippen molar-refractivity contribution in [3.8, 4) is 0 Å². The van der Waals surface area contributed by atoms with E-state index in [9.17, 15) is 0 Å². The summed E-state index contributed by atoms with van der Waals surface area (Å²) in [6.45, 7) is 11.0. The van der Waals surface area contributed by atoms with Crippen LogP contribution in [0.15, 0.2) is 72.2 Å². The second-order valence-corrected chi connectivity index (χ2v) is 6.09. The van der Waals surface area contributed by atoms with Crippen LogP contribution >= 0.6 is 11.8 Å². The normalized spacial score (nSPS) is 11.8. The molecule has 0 spiro atoms. The molecular formula is C20H27NS. The fourth-order valence-corrected chi connectivity index (χ4v) is 3.15. The van der Waals surface area contributed by atoms with Crippen molar-refractivity contribution in [3.05, 3.63) is 72.9 Å². The Kier molecular flexibility index (Phi) is 9.36. The Bertz CT molecular complexity index is 540. The third-order valence-electron chi connectivity index (χ3n) is 3.21. The number of allylic oxidation sites excluding steroid dienone is 5. The summed E-state index contributed by atoms with van der Waals surface area (Å²) in [5, 5.41) is 3.19. The largest absolute Gasteiger partial charge is 0.319 e. The fraction of sp³-hybridized carbons (Fsp3) is 0.300. The molecule has 0 aliphatic rings. The van der Waals surface area contributed by atoms with Crippen LogP contribution < -0.4 is 5.32 Å². The Morgan fingerprint density at radius 1 is 1.27 bits per heavy atom. The summed E-state index contributed by atoms with van der Waals surface area (Å²) in [6.07, 6.45) is 10.4. The summed E-state index contributed by atoms with van der Waals surface area (Å²) >= 11 is 1.88. The minimum atomic E-state index is 0.971. The van der Waals surface area contributed by atoms with E-state index in [1.165, 1.54) is 16.0 Å². The minimum Gasteiger partial charge on any atom is -0.319 e. The second-order valence-electron chi connectivity index (χ2n) is 4.96. The standard InChI is InChI=1S/C20H27NS/c1-5-7-16-22-20-14-9-8-12-19(20)18(13-10-15-21-4)17(3)11-6-2/h5-6,8-9,11-14,21H,1,3,7,10,15-16H2,2,4H3/b11-6-,18-13-. The highest BCUT2D eigenvalue weighted by Crippen LogP contribution is 2.32. The summed E-state index contributed by atoms with van der Waals surface area (Å²) in [6, 6.07) is 8.58. The Labute approximate surface area is 139 Å². The molecule has 0 saturated carbocycles. The first-order valence-corrected chi connectivity index (χ1v) is 8.73. The van der Waals surface area contributed by atoms with Gasteiger partial charge in [0.1, 0.15) is 0 Å². The van der Waals surface area contributed by atoms with Crippen molar-refractivity contribution in [2.75, 3.05) is 19.3 Å². The highest BCUT2D eigenvalue weighted by Gasteiger charge is 2.09. The molecule has 0 fully saturated rings. The van der Waals surface area contributed by atoms with Gasteiger partial charge in [0, 0.05) is 10.6 Å². The molecule has 0 unspecified atom stereocenters. The van der Waals surface area contributed by atoms with Crippen molar-refractivity contribution in [3.63, 3.8) is 0 Å². The molecule has 1 N–H and O–H groups in total. The molecule has 1 nitrogen and oxygen atoms in total. The Balaban J connectivity index is 3.09. The Morgan fingerprint density at radius 3 is 2.73 bits per heavy atom. The maximum absolute atomic E-state index is 4.24. The lowest BCUT2D eigenvalue weighted by atomic mass is 9.97. The van der Waals surface area contributed by atoms with E-state index in [1.54, 1.807) is 0 Å². The van der Waals surface area contributed by atoms with Crippen molar-refractivity contribution < 1.29 is 0 Å². The van der Waals surface area contributed by atoms with Gasteiger partial charge >= 0.3 is 0 Å². The van der Waals surface area contributed by atoms with Crippen LogP contribution in [0.5, 0.6) is 0 Å². The molecule has 118 valence electrons. The summed E-state index contributed by atoms with van der Waals surface area (Å²) in [5.41, 5.74) is 3.57. The van der Waals surface area contributed by atoms with Gasteiger partial charge in [-0.3, -0.25) is 0 Å². The van der Waals surface area contributed by atoms with Crippen molar-refractivity contribution in [2.24, 2.45) is 0 Å². The number of hydrogen-bond acceptors (Lipinski definition) is 2. The molecule has 0 aliphatic carbocycles. The topological polar surface area (TPSA) is 12.0 Å². The SMILES string of the molecule is C=CCCSc1ccccc1/C(=C\CCNC)C(=C)/C=C\C. The van der Waals surface area contributed by atoms with E-state index in [2.05, 4.69) is 54.9 Å². The molecule has 0 amide bonds. The van der Waals surface area contributed by atoms with Gasteiger partial charge < -0.3 is 5.32 Å². The number of thioether (sulfide) groups is 1. The van der Waals surface area contributed by atoms with E-state index < -0.39 is 0 Å².